The van der Waals surface area contributed by atoms with Gasteiger partial charge >= 0.3 is 27.6 Å². The lowest BCUT2D eigenvalue weighted by Gasteiger charge is -2.49. The van der Waals surface area contributed by atoms with Crippen LogP contribution >= 0.6 is 22.9 Å². The summed E-state index contributed by atoms with van der Waals surface area (Å²) in [5.41, 5.74) is -7.16. The predicted molar refractivity (Wildman–Crippen MR) is 288 cm³/mol. The number of thiazole rings is 1. The average Bonchev–Trinajstić information content (AvgIpc) is 4.00. The van der Waals surface area contributed by atoms with E-state index in [-0.39, 0.29) is 21.6 Å². The maximum absolute atomic E-state index is 15.3. The lowest BCUT2D eigenvalue weighted by atomic mass is 9.77. The second-order valence-electron chi connectivity index (χ2n) is 19.2. The number of oxime groups is 1. The quantitative estimate of drug-likeness (QED) is 0.0121. The Kier molecular flexibility index (Phi) is 15.8. The molecule has 0 radical (unpaired) electrons. The van der Waals surface area contributed by atoms with Crippen LogP contribution in [0.1, 0.15) is 72.7 Å². The highest BCUT2D eigenvalue weighted by Crippen LogP contribution is 2.45. The molecule has 2 aliphatic heterocycles. The highest BCUT2D eigenvalue weighted by Gasteiger charge is 2.57. The second-order valence-corrected chi connectivity index (χ2v) is 22.3. The molecular formula is C58H49ClF3N5O10S2. The Bertz CT molecular complexity index is 3340. The number of halogens is 4. The van der Waals surface area contributed by atoms with Gasteiger partial charge in [-0.05, 0) is 43.9 Å². The molecule has 2 aliphatic rings. The Morgan fingerprint density at radius 1 is 0.709 bits per heavy atom. The molecule has 6 aromatic carbocycles. The van der Waals surface area contributed by atoms with Gasteiger partial charge in [0.05, 0.1) is 11.5 Å². The van der Waals surface area contributed by atoms with E-state index in [0.717, 1.165) is 28.0 Å². The number of β-lactam (4-membered cyclic amide) rings is 1. The van der Waals surface area contributed by atoms with E-state index >= 15 is 4.79 Å². The molecule has 1 aromatic heterocycles. The number of hydrogen-bond acceptors (Lipinski definition) is 14. The van der Waals surface area contributed by atoms with Gasteiger partial charge in [0.1, 0.15) is 21.6 Å². The number of alkyl halides is 3. The smallest absolute Gasteiger partial charge is 0.427 e. The monoisotopic (exact) mass is 1130 g/mol. The number of anilines is 1. The van der Waals surface area contributed by atoms with Crippen LogP contribution in [0.3, 0.4) is 0 Å². The summed E-state index contributed by atoms with van der Waals surface area (Å²) in [4.78, 5) is 68.2. The third kappa shape index (κ3) is 11.1. The lowest BCUT2D eigenvalue weighted by Crippen LogP contribution is -2.72. The van der Waals surface area contributed by atoms with Crippen molar-refractivity contribution < 1.29 is 59.3 Å². The zero-order valence-corrected chi connectivity index (χ0v) is 44.7. The molecule has 0 spiro atoms. The number of allylic oxidation sites excluding steroid dienone is 1. The number of fused-ring (bicyclic) bond motifs is 1. The summed E-state index contributed by atoms with van der Waals surface area (Å²) >= 11 is 8.20. The van der Waals surface area contributed by atoms with E-state index in [0.29, 0.717) is 21.6 Å². The second kappa shape index (κ2) is 22.6. The summed E-state index contributed by atoms with van der Waals surface area (Å²) in [6.45, 7) is 3.46. The van der Waals surface area contributed by atoms with E-state index in [4.69, 9.17) is 30.9 Å². The van der Waals surface area contributed by atoms with Crippen molar-refractivity contribution in [2.75, 3.05) is 12.1 Å². The maximum Gasteiger partial charge on any atom is 0.534 e. The van der Waals surface area contributed by atoms with Crippen LogP contribution in [-0.4, -0.2) is 72.2 Å². The summed E-state index contributed by atoms with van der Waals surface area (Å²) in [6.07, 6.45) is -0.998. The fraction of sp³-hybridized carbons (Fsp3) is 0.207. The number of rotatable bonds is 18. The Morgan fingerprint density at radius 2 is 1.15 bits per heavy atom. The summed E-state index contributed by atoms with van der Waals surface area (Å²) in [5.74, 6) is -5.60. The predicted octanol–water partition coefficient (Wildman–Crippen LogP) is 10.6. The first kappa shape index (κ1) is 55.4. The van der Waals surface area contributed by atoms with Gasteiger partial charge in [-0.2, -0.15) is 21.6 Å². The molecule has 3 heterocycles. The zero-order valence-electron chi connectivity index (χ0n) is 42.3. The summed E-state index contributed by atoms with van der Waals surface area (Å²) in [6, 6.07) is 53.5. The van der Waals surface area contributed by atoms with Crippen LogP contribution in [-0.2, 0) is 58.9 Å². The van der Waals surface area contributed by atoms with Crippen LogP contribution < -0.4 is 10.6 Å². The summed E-state index contributed by atoms with van der Waals surface area (Å²) < 4.78 is 80.2. The number of benzene rings is 6. The number of nitrogens with one attached hydrogen (secondary N) is 2. The number of amides is 2. The Labute approximate surface area is 461 Å². The molecule has 2 amide bonds. The topological polar surface area (TPSA) is 192 Å². The van der Waals surface area contributed by atoms with Crippen LogP contribution in [0, 0.1) is 5.41 Å². The minimum atomic E-state index is -6.38. The Hall–Kier alpha value is -8.33. The van der Waals surface area contributed by atoms with Crippen molar-refractivity contribution in [2.45, 2.75) is 62.3 Å². The van der Waals surface area contributed by atoms with E-state index in [9.17, 15) is 36.0 Å². The minimum absolute atomic E-state index is 0.0418. The van der Waals surface area contributed by atoms with Gasteiger partial charge in [0.2, 0.25) is 12.4 Å². The van der Waals surface area contributed by atoms with Crippen molar-refractivity contribution in [3.8, 4) is 0 Å². The van der Waals surface area contributed by atoms with E-state index in [1.165, 1.54) is 20.8 Å². The number of carbonyl (C=O) groups excluding carboxylic acids is 4. The van der Waals surface area contributed by atoms with Crippen molar-refractivity contribution in [2.24, 2.45) is 10.6 Å². The van der Waals surface area contributed by atoms with Gasteiger partial charge in [0, 0.05) is 23.1 Å². The van der Waals surface area contributed by atoms with E-state index in [1.54, 1.807) is 0 Å². The first-order chi connectivity index (χ1) is 37.8. The molecule has 0 saturated carbocycles. The first-order valence-corrected chi connectivity index (χ1v) is 27.1. The number of carbonyl (C=O) groups is 4. The standard InChI is InChI=1S/C58H49ClF3N5O10S2/c1-55(2,3)53(71)75-36-74-52(70)48-44(76-79(72,73)58(60,61)62)35-34-43-45(51(69)67(43)48)63-50(68)47(66-77-57(40-28-16-7-17-29-40,41-30-18-8-19-31-41)42-32-20-9-21-33-42)46-49(59)78-54(64-46)65-56(37-22-10-4-11-23-37,38-24-12-5-13-25-38)39-26-14-6-15-27-39/h4-33,43,45H,34-36H2,1-3H3,(H,63,68)(H,64,65). The molecule has 9 rings (SSSR count). The van der Waals surface area contributed by atoms with Crippen molar-refractivity contribution in [1.82, 2.24) is 15.2 Å². The van der Waals surface area contributed by atoms with Crippen molar-refractivity contribution in [3.63, 3.8) is 0 Å². The fourth-order valence-electron chi connectivity index (χ4n) is 9.34. The zero-order chi connectivity index (χ0) is 56.2. The molecule has 0 aliphatic carbocycles. The summed E-state index contributed by atoms with van der Waals surface area (Å²) in [7, 11) is -6.38. The number of hydrogen-bond donors (Lipinski definition) is 2. The molecule has 7 aromatic rings. The lowest BCUT2D eigenvalue weighted by molar-refractivity contribution is -0.174. The number of esters is 2. The average molecular weight is 1130 g/mol. The highest BCUT2D eigenvalue weighted by molar-refractivity contribution is 7.87. The van der Waals surface area contributed by atoms with Crippen molar-refractivity contribution >= 4 is 67.7 Å². The molecule has 21 heteroatoms. The number of aromatic nitrogens is 1. The van der Waals surface area contributed by atoms with Gasteiger partial charge in [-0.15, -0.1) is 0 Å². The van der Waals surface area contributed by atoms with Gasteiger partial charge in [0.25, 0.3) is 11.8 Å². The summed E-state index contributed by atoms with van der Waals surface area (Å²) in [5, 5.41) is 11.2. The molecule has 2 atom stereocenters. The van der Waals surface area contributed by atoms with Crippen LogP contribution in [0.25, 0.3) is 0 Å². The van der Waals surface area contributed by atoms with E-state index in [2.05, 4.69) is 20.0 Å². The molecule has 406 valence electrons. The highest BCUT2D eigenvalue weighted by atomic mass is 35.5. The molecule has 2 unspecified atom stereocenters. The van der Waals surface area contributed by atoms with Crippen LogP contribution in [0.5, 0.6) is 0 Å². The third-order valence-corrected chi connectivity index (χ3v) is 15.3. The van der Waals surface area contributed by atoms with Gasteiger partial charge < -0.3 is 29.1 Å². The fourth-order valence-corrected chi connectivity index (χ4v) is 11.0. The Morgan fingerprint density at radius 3 is 1.58 bits per heavy atom. The maximum atomic E-state index is 15.3. The first-order valence-electron chi connectivity index (χ1n) is 24.5. The SMILES string of the molecule is CC(C)(C)C(=O)OCOC(=O)C1=C(OS(=O)(=O)C(F)(F)F)CCC2C(NC(=O)C(=NOC(c3ccccc3)(c3ccccc3)c3ccccc3)c3nc(NC(c4ccccc4)(c4ccccc4)c4ccccc4)sc3Cl)C(=O)N12. The molecular weight excluding hydrogens is 1080 g/mol. The van der Waals surface area contributed by atoms with E-state index < -0.39 is 98.4 Å². The van der Waals surface area contributed by atoms with E-state index in [1.807, 2.05) is 182 Å². The molecule has 2 N–H and O–H groups in total. The molecule has 1 fully saturated rings. The van der Waals surface area contributed by atoms with Crippen LogP contribution in [0.2, 0.25) is 4.34 Å². The number of nitrogens with zero attached hydrogens (tertiary/aromatic N) is 3. The van der Waals surface area contributed by atoms with Gasteiger partial charge in [0.15, 0.2) is 22.3 Å². The van der Waals surface area contributed by atoms with Gasteiger partial charge in [-0.1, -0.05) is 210 Å². The third-order valence-electron chi connectivity index (χ3n) is 13.1. The van der Waals surface area contributed by atoms with Crippen molar-refractivity contribution in [3.05, 3.63) is 237 Å². The molecule has 0 bridgehead atoms. The largest absolute Gasteiger partial charge is 0.534 e. The molecule has 15 nitrogen and oxygen atoms in total. The van der Waals surface area contributed by atoms with Crippen molar-refractivity contribution in [1.29, 1.82) is 0 Å². The Balaban J connectivity index is 1.15. The normalized spacial score (nSPS) is 16.0. The van der Waals surface area contributed by atoms with Crippen LogP contribution in [0.4, 0.5) is 18.3 Å². The van der Waals surface area contributed by atoms with Gasteiger partial charge in [-0.3, -0.25) is 19.3 Å². The van der Waals surface area contributed by atoms with Gasteiger partial charge in [-0.25, -0.2) is 9.78 Å². The molecule has 79 heavy (non-hydrogen) atoms. The molecule has 1 saturated heterocycles. The van der Waals surface area contributed by atoms with Crippen LogP contribution in [0.15, 0.2) is 199 Å². The minimum Gasteiger partial charge on any atom is -0.427 e. The number of ether oxygens (including phenoxy) is 2.